The van der Waals surface area contributed by atoms with E-state index < -0.39 is 8.07 Å². The number of aromatic nitrogens is 7. The second kappa shape index (κ2) is 16.0. The molecule has 1 amide bonds. The van der Waals surface area contributed by atoms with Crippen molar-refractivity contribution in [3.63, 3.8) is 0 Å². The molecule has 3 aromatic heterocycles. The molecule has 4 aromatic rings. The van der Waals surface area contributed by atoms with Crippen LogP contribution >= 0.6 is 0 Å². The van der Waals surface area contributed by atoms with Crippen molar-refractivity contribution in [1.82, 2.24) is 39.9 Å². The Labute approximate surface area is 296 Å². The lowest BCUT2D eigenvalue weighted by Crippen LogP contribution is -2.50. The maximum atomic E-state index is 12.6. The molecule has 270 valence electrons. The molecular weight excluding hydrogens is 651 g/mol. The topological polar surface area (TPSA) is 126 Å². The average Bonchev–Trinajstić information content (AvgIpc) is 3.78. The first kappa shape index (κ1) is 35.9. The van der Waals surface area contributed by atoms with Crippen LogP contribution in [0.25, 0.3) is 33.4 Å². The summed E-state index contributed by atoms with van der Waals surface area (Å²) in [6.45, 7) is 14.1. The Morgan fingerprint density at radius 1 is 1.06 bits per heavy atom. The van der Waals surface area contributed by atoms with Gasteiger partial charge in [-0.25, -0.2) is 14.2 Å². The van der Waals surface area contributed by atoms with Gasteiger partial charge in [0.2, 0.25) is 0 Å². The maximum Gasteiger partial charge on any atom is 0.409 e. The van der Waals surface area contributed by atoms with Gasteiger partial charge < -0.3 is 24.0 Å². The van der Waals surface area contributed by atoms with Gasteiger partial charge in [-0.3, -0.25) is 0 Å². The number of carbonyl (C=O) groups is 1. The first-order valence-electron chi connectivity index (χ1n) is 18.2. The number of nitrogens with zero attached hydrogens (tertiary/aromatic N) is 9. The maximum absolute atomic E-state index is 12.6. The number of ether oxygens (including phenoxy) is 3. The largest absolute Gasteiger partial charge is 0.449 e. The highest BCUT2D eigenvalue weighted by atomic mass is 28.3. The van der Waals surface area contributed by atoms with Gasteiger partial charge in [-0.05, 0) is 69.7 Å². The molecule has 1 aromatic carbocycles. The van der Waals surface area contributed by atoms with Crippen molar-refractivity contribution in [2.45, 2.75) is 110 Å². The molecule has 1 unspecified atom stereocenters. The molecular formula is C36H53N9O4Si. The van der Waals surface area contributed by atoms with E-state index >= 15 is 0 Å². The van der Waals surface area contributed by atoms with E-state index in [-0.39, 0.29) is 24.4 Å². The minimum absolute atomic E-state index is 0.0440. The second-order valence-electron chi connectivity index (χ2n) is 14.9. The van der Waals surface area contributed by atoms with Crippen LogP contribution in [0.4, 0.5) is 10.6 Å². The molecule has 50 heavy (non-hydrogen) atoms. The van der Waals surface area contributed by atoms with Crippen molar-refractivity contribution in [3.05, 3.63) is 36.7 Å². The molecule has 6 rings (SSSR count). The highest BCUT2D eigenvalue weighted by Crippen LogP contribution is 2.35. The Morgan fingerprint density at radius 2 is 1.90 bits per heavy atom. The molecule has 5 heterocycles. The highest BCUT2D eigenvalue weighted by molar-refractivity contribution is 6.76. The van der Waals surface area contributed by atoms with Gasteiger partial charge in [0.1, 0.15) is 24.0 Å². The molecule has 0 aliphatic carbocycles. The first-order chi connectivity index (χ1) is 24.1. The zero-order valence-corrected chi connectivity index (χ0v) is 31.5. The van der Waals surface area contributed by atoms with Gasteiger partial charge >= 0.3 is 6.09 Å². The number of rotatable bonds is 13. The van der Waals surface area contributed by atoms with Crippen LogP contribution in [-0.4, -0.2) is 99.5 Å². The van der Waals surface area contributed by atoms with Crippen molar-refractivity contribution in [1.29, 1.82) is 0 Å². The van der Waals surface area contributed by atoms with Gasteiger partial charge in [0.25, 0.3) is 0 Å². The highest BCUT2D eigenvalue weighted by Gasteiger charge is 2.32. The molecule has 14 heteroatoms. The minimum atomic E-state index is -1.24. The lowest BCUT2D eigenvalue weighted by molar-refractivity contribution is -0.0394. The fraction of sp³-hybridized carbons (Fsp3) is 0.611. The molecule has 0 N–H and O–H groups in total. The lowest BCUT2D eigenvalue weighted by Gasteiger charge is -2.40. The SMILES string of the molecule is CCCCOC(=O)N1CC[C@@H](N(C)c2ccc(-c3ccc(-c4cnn(C5CCCCO5)c4)c4nnn(COCC[Si](C)(C)C)c34)nn2)C[C@H]1C. The fourth-order valence-corrected chi connectivity index (χ4v) is 7.47. The Morgan fingerprint density at radius 3 is 2.62 bits per heavy atom. The number of benzene rings is 1. The van der Waals surface area contributed by atoms with Crippen LogP contribution in [0.3, 0.4) is 0 Å². The van der Waals surface area contributed by atoms with E-state index in [1.54, 1.807) is 0 Å². The smallest absolute Gasteiger partial charge is 0.409 e. The van der Waals surface area contributed by atoms with Crippen LogP contribution in [0.2, 0.25) is 25.7 Å². The van der Waals surface area contributed by atoms with E-state index in [1.807, 2.05) is 38.8 Å². The van der Waals surface area contributed by atoms with Crippen molar-refractivity contribution in [3.8, 4) is 22.4 Å². The monoisotopic (exact) mass is 703 g/mol. The van der Waals surface area contributed by atoms with Crippen LogP contribution in [0, 0.1) is 0 Å². The molecule has 2 saturated heterocycles. The summed E-state index contributed by atoms with van der Waals surface area (Å²) in [5.74, 6) is 0.788. The molecule has 2 fully saturated rings. The van der Waals surface area contributed by atoms with Crippen molar-refractivity contribution in [2.24, 2.45) is 0 Å². The van der Waals surface area contributed by atoms with Gasteiger partial charge in [-0.1, -0.05) is 44.3 Å². The van der Waals surface area contributed by atoms with Crippen LogP contribution in [-0.2, 0) is 20.9 Å². The molecule has 3 atom stereocenters. The van der Waals surface area contributed by atoms with Gasteiger partial charge in [0.05, 0.1) is 18.5 Å². The van der Waals surface area contributed by atoms with Gasteiger partial charge in [0, 0.05) is 69.9 Å². The summed E-state index contributed by atoms with van der Waals surface area (Å²) in [5.41, 5.74) is 5.12. The number of carbonyl (C=O) groups excluding carboxylic acids is 1. The number of anilines is 1. The molecule has 0 bridgehead atoms. The van der Waals surface area contributed by atoms with Crippen LogP contribution in [0.15, 0.2) is 36.7 Å². The van der Waals surface area contributed by atoms with E-state index in [1.165, 1.54) is 0 Å². The predicted octanol–water partition coefficient (Wildman–Crippen LogP) is 6.99. The summed E-state index contributed by atoms with van der Waals surface area (Å²) in [7, 11) is 0.811. The summed E-state index contributed by atoms with van der Waals surface area (Å²) in [6.07, 6.45) is 10.4. The Kier molecular flexibility index (Phi) is 11.5. The minimum Gasteiger partial charge on any atom is -0.449 e. The normalized spacial score (nSPS) is 20.0. The lowest BCUT2D eigenvalue weighted by atomic mass is 9.97. The third-order valence-corrected chi connectivity index (χ3v) is 11.6. The summed E-state index contributed by atoms with van der Waals surface area (Å²) in [5, 5.41) is 23.3. The van der Waals surface area contributed by atoms with Crippen molar-refractivity contribution in [2.75, 3.05) is 38.3 Å². The first-order valence-corrected chi connectivity index (χ1v) is 21.9. The molecule has 0 spiro atoms. The van der Waals surface area contributed by atoms with Crippen LogP contribution < -0.4 is 4.90 Å². The second-order valence-corrected chi connectivity index (χ2v) is 20.5. The van der Waals surface area contributed by atoms with E-state index in [4.69, 9.17) is 19.3 Å². The molecule has 0 saturated carbocycles. The number of hydrogen-bond acceptors (Lipinski definition) is 10. The zero-order valence-electron chi connectivity index (χ0n) is 30.5. The van der Waals surface area contributed by atoms with Crippen molar-refractivity contribution < 1.29 is 19.0 Å². The summed E-state index contributed by atoms with van der Waals surface area (Å²) in [6, 6.07) is 9.54. The summed E-state index contributed by atoms with van der Waals surface area (Å²) < 4.78 is 21.4. The number of amides is 1. The Balaban J connectivity index is 1.22. The Hall–Kier alpha value is -3.88. The fourth-order valence-electron chi connectivity index (χ4n) is 6.71. The average molecular weight is 704 g/mol. The number of likely N-dealkylation sites (tertiary alicyclic amines) is 1. The quantitative estimate of drug-likeness (QED) is 0.106. The van der Waals surface area contributed by atoms with Gasteiger partial charge in [-0.2, -0.15) is 5.10 Å². The number of hydrogen-bond donors (Lipinski definition) is 0. The Bertz CT molecular complexity index is 1710. The van der Waals surface area contributed by atoms with Crippen molar-refractivity contribution >= 4 is 31.0 Å². The summed E-state index contributed by atoms with van der Waals surface area (Å²) >= 11 is 0. The predicted molar refractivity (Wildman–Crippen MR) is 197 cm³/mol. The van der Waals surface area contributed by atoms with E-state index in [9.17, 15) is 4.79 Å². The number of piperidine rings is 1. The molecule has 0 radical (unpaired) electrons. The molecule has 13 nitrogen and oxygen atoms in total. The van der Waals surface area contributed by atoms with E-state index in [0.29, 0.717) is 26.5 Å². The van der Waals surface area contributed by atoms with Crippen LogP contribution in [0.1, 0.15) is 65.0 Å². The standard InChI is InChI=1S/C36H53N9O4Si/c1-7-8-18-49-36(46)43-17-16-28(22-26(43)2)42(3)32-15-14-31(38-39-32)30-13-12-29(27-23-37-44(24-27)33-11-9-10-19-48-33)34-35(30)45(41-40-34)25-47-20-21-50(4,5)6/h12-15,23-24,26,28,33H,7-11,16-22,25H2,1-6H3/t26-,28-,33?/m1/s1. The summed E-state index contributed by atoms with van der Waals surface area (Å²) in [4.78, 5) is 16.7. The molecule has 2 aliphatic rings. The molecule has 2 aliphatic heterocycles. The van der Waals surface area contributed by atoms with Gasteiger partial charge in [-0.15, -0.1) is 15.3 Å². The zero-order chi connectivity index (χ0) is 35.3. The van der Waals surface area contributed by atoms with E-state index in [2.05, 4.69) is 78.1 Å². The van der Waals surface area contributed by atoms with E-state index in [0.717, 1.165) is 96.8 Å². The third kappa shape index (κ3) is 8.35. The van der Waals surface area contributed by atoms with Crippen LogP contribution in [0.5, 0.6) is 0 Å². The number of fused-ring (bicyclic) bond motifs is 1. The number of unbranched alkanes of at least 4 members (excludes halogenated alkanes) is 1. The van der Waals surface area contributed by atoms with Gasteiger partial charge in [0.15, 0.2) is 5.82 Å². The third-order valence-electron chi connectivity index (χ3n) is 9.88.